The standard InChI is InChI=1S/C29H32ClFN2O2S/c1-3-21(2)32-29(35)27(17-22-11-5-4-6-12-22)33(18-23-13-8-10-16-26(23)31)28(34)20-36-19-24-14-7-9-15-25(24)30/h4-16,21,27H,3,17-20H2,1-2H3,(H,32,35)/t21-,27-/m0/s1. The second-order valence-corrected chi connectivity index (χ2v) is 10.1. The third-order valence-corrected chi connectivity index (χ3v) is 7.35. The Bertz CT molecular complexity index is 1140. The number of halogens is 2. The van der Waals surface area contributed by atoms with Crippen LogP contribution in [0.15, 0.2) is 78.9 Å². The first-order chi connectivity index (χ1) is 17.4. The Balaban J connectivity index is 1.87. The van der Waals surface area contributed by atoms with Gasteiger partial charge in [0.25, 0.3) is 0 Å². The predicted molar refractivity (Wildman–Crippen MR) is 146 cm³/mol. The molecular formula is C29H32ClFN2O2S. The highest BCUT2D eigenvalue weighted by Crippen LogP contribution is 2.23. The van der Waals surface area contributed by atoms with E-state index in [2.05, 4.69) is 5.32 Å². The van der Waals surface area contributed by atoms with Crippen LogP contribution in [0.2, 0.25) is 5.02 Å². The number of nitrogens with zero attached hydrogens (tertiary/aromatic N) is 1. The molecule has 0 saturated carbocycles. The Morgan fingerprint density at radius 3 is 2.28 bits per heavy atom. The number of hydrogen-bond donors (Lipinski definition) is 1. The highest BCUT2D eigenvalue weighted by molar-refractivity contribution is 7.99. The maximum atomic E-state index is 14.6. The van der Waals surface area contributed by atoms with Crippen LogP contribution < -0.4 is 5.32 Å². The Kier molecular flexibility index (Phi) is 10.8. The predicted octanol–water partition coefficient (Wildman–Crippen LogP) is 6.27. The lowest BCUT2D eigenvalue weighted by atomic mass is 10.0. The molecule has 1 N–H and O–H groups in total. The zero-order chi connectivity index (χ0) is 25.9. The van der Waals surface area contributed by atoms with E-state index in [0.29, 0.717) is 22.8 Å². The maximum absolute atomic E-state index is 14.6. The Hall–Kier alpha value is -2.83. The van der Waals surface area contributed by atoms with Crippen molar-refractivity contribution in [2.75, 3.05) is 5.75 Å². The normalized spacial score (nSPS) is 12.6. The van der Waals surface area contributed by atoms with Crippen molar-refractivity contribution in [3.63, 3.8) is 0 Å². The molecule has 7 heteroatoms. The third kappa shape index (κ3) is 8.10. The van der Waals surface area contributed by atoms with Crippen molar-refractivity contribution in [2.45, 2.75) is 51.1 Å². The van der Waals surface area contributed by atoms with E-state index >= 15 is 0 Å². The largest absolute Gasteiger partial charge is 0.352 e. The van der Waals surface area contributed by atoms with Crippen molar-refractivity contribution < 1.29 is 14.0 Å². The van der Waals surface area contributed by atoms with Gasteiger partial charge in [0, 0.05) is 35.3 Å². The van der Waals surface area contributed by atoms with Gasteiger partial charge in [-0.2, -0.15) is 0 Å². The molecule has 0 saturated heterocycles. The Morgan fingerprint density at radius 1 is 0.972 bits per heavy atom. The molecule has 0 aromatic heterocycles. The SMILES string of the molecule is CC[C@H](C)NC(=O)[C@H](Cc1ccccc1)N(Cc1ccccc1F)C(=O)CSCc1ccccc1Cl. The fourth-order valence-corrected chi connectivity index (χ4v) is 4.95. The summed E-state index contributed by atoms with van der Waals surface area (Å²) in [4.78, 5) is 28.6. The number of carbonyl (C=O) groups is 2. The molecule has 0 unspecified atom stereocenters. The first-order valence-corrected chi connectivity index (χ1v) is 13.6. The van der Waals surface area contributed by atoms with Crippen LogP contribution in [-0.2, 0) is 28.3 Å². The number of amides is 2. The van der Waals surface area contributed by atoms with E-state index in [-0.39, 0.29) is 30.2 Å². The third-order valence-electron chi connectivity index (χ3n) is 6.01. The molecule has 0 spiro atoms. The van der Waals surface area contributed by atoms with Gasteiger partial charge in [0.05, 0.1) is 5.75 Å². The number of nitrogens with one attached hydrogen (secondary N) is 1. The zero-order valence-corrected chi connectivity index (χ0v) is 22.2. The van der Waals surface area contributed by atoms with E-state index in [1.807, 2.05) is 68.4 Å². The van der Waals surface area contributed by atoms with Gasteiger partial charge in [0.1, 0.15) is 11.9 Å². The average molecular weight is 527 g/mol. The van der Waals surface area contributed by atoms with Crippen molar-refractivity contribution in [1.82, 2.24) is 10.2 Å². The molecule has 0 heterocycles. The van der Waals surface area contributed by atoms with Crippen LogP contribution in [0, 0.1) is 5.82 Å². The lowest BCUT2D eigenvalue weighted by molar-refractivity contribution is -0.139. The quantitative estimate of drug-likeness (QED) is 0.303. The summed E-state index contributed by atoms with van der Waals surface area (Å²) in [5, 5.41) is 3.67. The number of thioether (sulfide) groups is 1. The van der Waals surface area contributed by atoms with Crippen LogP contribution in [0.5, 0.6) is 0 Å². The van der Waals surface area contributed by atoms with Gasteiger partial charge in [-0.05, 0) is 36.6 Å². The number of carbonyl (C=O) groups excluding carboxylic acids is 2. The molecule has 0 aliphatic rings. The van der Waals surface area contributed by atoms with Gasteiger partial charge < -0.3 is 10.2 Å². The maximum Gasteiger partial charge on any atom is 0.243 e. The summed E-state index contributed by atoms with van der Waals surface area (Å²) < 4.78 is 14.6. The first kappa shape index (κ1) is 27.8. The summed E-state index contributed by atoms with van der Waals surface area (Å²) in [5.41, 5.74) is 2.24. The van der Waals surface area contributed by atoms with E-state index in [1.54, 1.807) is 18.2 Å². The van der Waals surface area contributed by atoms with Crippen LogP contribution in [0.1, 0.15) is 37.0 Å². The van der Waals surface area contributed by atoms with Crippen LogP contribution >= 0.6 is 23.4 Å². The molecule has 0 fully saturated rings. The topological polar surface area (TPSA) is 49.4 Å². The van der Waals surface area contributed by atoms with E-state index in [9.17, 15) is 14.0 Å². The molecule has 3 aromatic rings. The summed E-state index contributed by atoms with van der Waals surface area (Å²) in [6, 6.07) is 22.6. The first-order valence-electron chi connectivity index (χ1n) is 12.1. The molecule has 0 bridgehead atoms. The second kappa shape index (κ2) is 14.0. The summed E-state index contributed by atoms with van der Waals surface area (Å²) in [6.07, 6.45) is 1.09. The molecule has 0 aliphatic carbocycles. The average Bonchev–Trinajstić information content (AvgIpc) is 2.88. The van der Waals surface area contributed by atoms with Gasteiger partial charge in [0.2, 0.25) is 11.8 Å². The van der Waals surface area contributed by atoms with Gasteiger partial charge in [-0.3, -0.25) is 9.59 Å². The highest BCUT2D eigenvalue weighted by Gasteiger charge is 2.31. The fourth-order valence-electron chi connectivity index (χ4n) is 3.75. The summed E-state index contributed by atoms with van der Waals surface area (Å²) in [6.45, 7) is 3.92. The molecule has 4 nitrogen and oxygen atoms in total. The molecule has 2 amide bonds. The lowest BCUT2D eigenvalue weighted by Crippen LogP contribution is -2.52. The molecule has 2 atom stereocenters. The van der Waals surface area contributed by atoms with E-state index in [4.69, 9.17) is 11.6 Å². The van der Waals surface area contributed by atoms with Crippen molar-refractivity contribution in [2.24, 2.45) is 0 Å². The van der Waals surface area contributed by atoms with Crippen molar-refractivity contribution in [3.8, 4) is 0 Å². The van der Waals surface area contributed by atoms with Crippen LogP contribution in [0.3, 0.4) is 0 Å². The summed E-state index contributed by atoms with van der Waals surface area (Å²) in [5.74, 6) is -0.174. The summed E-state index contributed by atoms with van der Waals surface area (Å²) >= 11 is 7.69. The molecule has 36 heavy (non-hydrogen) atoms. The number of rotatable bonds is 12. The van der Waals surface area contributed by atoms with Gasteiger partial charge in [-0.25, -0.2) is 4.39 Å². The minimum atomic E-state index is -0.783. The summed E-state index contributed by atoms with van der Waals surface area (Å²) in [7, 11) is 0. The minimum Gasteiger partial charge on any atom is -0.352 e. The van der Waals surface area contributed by atoms with Crippen molar-refractivity contribution in [3.05, 3.63) is 106 Å². The lowest BCUT2D eigenvalue weighted by Gasteiger charge is -2.32. The van der Waals surface area contributed by atoms with Gasteiger partial charge in [-0.1, -0.05) is 85.3 Å². The monoisotopic (exact) mass is 526 g/mol. The molecular weight excluding hydrogens is 495 g/mol. The van der Waals surface area contributed by atoms with Gasteiger partial charge in [0.15, 0.2) is 0 Å². The molecule has 3 aromatic carbocycles. The molecule has 0 aliphatic heterocycles. The van der Waals surface area contributed by atoms with Crippen LogP contribution in [0.25, 0.3) is 0 Å². The van der Waals surface area contributed by atoms with Crippen molar-refractivity contribution in [1.29, 1.82) is 0 Å². The Labute approximate surface area is 222 Å². The van der Waals surface area contributed by atoms with Crippen LogP contribution in [-0.4, -0.2) is 34.6 Å². The Morgan fingerprint density at radius 2 is 1.61 bits per heavy atom. The smallest absolute Gasteiger partial charge is 0.243 e. The number of hydrogen-bond acceptors (Lipinski definition) is 3. The van der Waals surface area contributed by atoms with E-state index < -0.39 is 11.9 Å². The van der Waals surface area contributed by atoms with Crippen LogP contribution in [0.4, 0.5) is 4.39 Å². The number of benzene rings is 3. The zero-order valence-electron chi connectivity index (χ0n) is 20.6. The van der Waals surface area contributed by atoms with Gasteiger partial charge >= 0.3 is 0 Å². The second-order valence-electron chi connectivity index (χ2n) is 8.72. The molecule has 3 rings (SSSR count). The van der Waals surface area contributed by atoms with Crippen molar-refractivity contribution >= 4 is 35.2 Å². The van der Waals surface area contributed by atoms with Gasteiger partial charge in [-0.15, -0.1) is 11.8 Å². The highest BCUT2D eigenvalue weighted by atomic mass is 35.5. The van der Waals surface area contributed by atoms with E-state index in [0.717, 1.165) is 17.5 Å². The minimum absolute atomic E-state index is 0.00356. The fraction of sp³-hybridized carbons (Fsp3) is 0.310. The molecule has 190 valence electrons. The molecule has 0 radical (unpaired) electrons. The van der Waals surface area contributed by atoms with E-state index in [1.165, 1.54) is 22.7 Å².